The van der Waals surface area contributed by atoms with Gasteiger partial charge in [0.15, 0.2) is 5.82 Å². The largest absolute Gasteiger partial charge is 0.228 e. The normalized spacial score (nSPS) is 13.1. The van der Waals surface area contributed by atoms with Crippen LogP contribution in [-0.4, -0.2) is 9.97 Å². The van der Waals surface area contributed by atoms with Crippen molar-refractivity contribution in [1.29, 1.82) is 0 Å². The molecule has 1 aromatic heterocycles. The summed E-state index contributed by atoms with van der Waals surface area (Å²) >= 11 is 0. The first-order valence-electron chi connectivity index (χ1n) is 17.7. The molecule has 1 aliphatic rings. The number of fused-ring (bicyclic) bond motifs is 7. The zero-order valence-corrected chi connectivity index (χ0v) is 28.6. The predicted molar refractivity (Wildman–Crippen MR) is 214 cm³/mol. The van der Waals surface area contributed by atoms with Crippen molar-refractivity contribution in [3.8, 4) is 56.2 Å². The molecule has 10 rings (SSSR count). The van der Waals surface area contributed by atoms with Gasteiger partial charge in [-0.15, -0.1) is 0 Å². The highest BCUT2D eigenvalue weighted by Gasteiger charge is 2.37. The van der Waals surface area contributed by atoms with E-state index in [0.717, 1.165) is 45.0 Å². The summed E-state index contributed by atoms with van der Waals surface area (Å²) in [7, 11) is 0. The van der Waals surface area contributed by atoms with Crippen molar-refractivity contribution in [3.63, 3.8) is 0 Å². The quantitative estimate of drug-likeness (QED) is 0.177. The smallest absolute Gasteiger partial charge is 0.160 e. The SMILES string of the molecule is CC1(C)c2cc3ccccc3cc2-c2c(-c3cc(-c4ccccc4-c4ccc5c(ccc6ccccc65)c4)nc(-c4ccccc4)n3)cccc21. The number of benzene rings is 8. The van der Waals surface area contributed by atoms with Crippen LogP contribution >= 0.6 is 0 Å². The zero-order chi connectivity index (χ0) is 34.1. The standard InChI is InChI=1S/C49H34N2/c1-49(2)43-22-12-21-41(47(43)42-28-33-16-6-7-17-34(33)29-44(42)49)46-30-45(50-48(51-46)32-14-4-3-5-15-32)40-20-11-10-19-38(40)36-25-26-39-35(27-36)24-23-31-13-8-9-18-37(31)39/h3-30H,1-2H3. The number of nitrogens with zero attached hydrogens (tertiary/aromatic N) is 2. The van der Waals surface area contributed by atoms with E-state index in [-0.39, 0.29) is 5.41 Å². The highest BCUT2D eigenvalue weighted by atomic mass is 14.9. The van der Waals surface area contributed by atoms with E-state index in [1.807, 2.05) is 6.07 Å². The second-order valence-corrected chi connectivity index (χ2v) is 14.2. The van der Waals surface area contributed by atoms with Gasteiger partial charge in [-0.05, 0) is 90.0 Å². The molecule has 0 fully saturated rings. The highest BCUT2D eigenvalue weighted by molar-refractivity contribution is 6.08. The third kappa shape index (κ3) is 4.71. The molecule has 2 nitrogen and oxygen atoms in total. The first kappa shape index (κ1) is 29.5. The lowest BCUT2D eigenvalue weighted by atomic mass is 9.81. The summed E-state index contributed by atoms with van der Waals surface area (Å²) in [5.41, 5.74) is 12.4. The van der Waals surface area contributed by atoms with Gasteiger partial charge in [0, 0.05) is 22.1 Å². The third-order valence-electron chi connectivity index (χ3n) is 10.9. The fourth-order valence-corrected chi connectivity index (χ4v) is 8.26. The molecule has 0 amide bonds. The van der Waals surface area contributed by atoms with Gasteiger partial charge >= 0.3 is 0 Å². The summed E-state index contributed by atoms with van der Waals surface area (Å²) in [5, 5.41) is 7.54. The molecule has 0 saturated heterocycles. The van der Waals surface area contributed by atoms with E-state index in [4.69, 9.17) is 9.97 Å². The summed E-state index contributed by atoms with van der Waals surface area (Å²) in [6.07, 6.45) is 0. The lowest BCUT2D eigenvalue weighted by molar-refractivity contribution is 0.661. The Labute approximate surface area is 297 Å². The Morgan fingerprint density at radius 1 is 0.373 bits per heavy atom. The number of hydrogen-bond acceptors (Lipinski definition) is 2. The maximum atomic E-state index is 5.32. The Hall–Kier alpha value is -6.38. The van der Waals surface area contributed by atoms with E-state index in [2.05, 4.69) is 178 Å². The maximum Gasteiger partial charge on any atom is 0.160 e. The molecule has 0 radical (unpaired) electrons. The maximum absolute atomic E-state index is 5.32. The molecule has 1 heterocycles. The molecule has 0 atom stereocenters. The summed E-state index contributed by atoms with van der Waals surface area (Å²) in [6, 6.07) is 61.2. The Balaban J connectivity index is 1.19. The summed E-state index contributed by atoms with van der Waals surface area (Å²) in [4.78, 5) is 10.6. The second-order valence-electron chi connectivity index (χ2n) is 14.2. The van der Waals surface area contributed by atoms with Crippen LogP contribution in [0.5, 0.6) is 0 Å². The van der Waals surface area contributed by atoms with Gasteiger partial charge in [0.05, 0.1) is 11.4 Å². The van der Waals surface area contributed by atoms with Gasteiger partial charge < -0.3 is 0 Å². The van der Waals surface area contributed by atoms with Crippen LogP contribution in [0, 0.1) is 0 Å². The van der Waals surface area contributed by atoms with Crippen molar-refractivity contribution >= 4 is 32.3 Å². The molecule has 1 aliphatic carbocycles. The molecule has 0 spiro atoms. The topological polar surface area (TPSA) is 25.8 Å². The lowest BCUT2D eigenvalue weighted by Gasteiger charge is -2.22. The average molecular weight is 651 g/mol. The molecule has 0 N–H and O–H groups in total. The van der Waals surface area contributed by atoms with E-state index in [9.17, 15) is 0 Å². The van der Waals surface area contributed by atoms with Crippen molar-refractivity contribution < 1.29 is 0 Å². The number of rotatable bonds is 4. The van der Waals surface area contributed by atoms with Crippen LogP contribution in [0.4, 0.5) is 0 Å². The monoisotopic (exact) mass is 650 g/mol. The van der Waals surface area contributed by atoms with Crippen molar-refractivity contribution in [2.24, 2.45) is 0 Å². The summed E-state index contributed by atoms with van der Waals surface area (Å²) < 4.78 is 0. The predicted octanol–water partition coefficient (Wildman–Crippen LogP) is 12.9. The van der Waals surface area contributed by atoms with Crippen molar-refractivity contribution in [2.75, 3.05) is 0 Å². The van der Waals surface area contributed by atoms with Crippen LogP contribution < -0.4 is 0 Å². The van der Waals surface area contributed by atoms with E-state index < -0.39 is 0 Å². The molecule has 0 aliphatic heterocycles. The van der Waals surface area contributed by atoms with Gasteiger partial charge in [0.2, 0.25) is 0 Å². The third-order valence-corrected chi connectivity index (χ3v) is 10.9. The minimum Gasteiger partial charge on any atom is -0.228 e. The molecular weight excluding hydrogens is 617 g/mol. The van der Waals surface area contributed by atoms with Gasteiger partial charge in [-0.2, -0.15) is 0 Å². The van der Waals surface area contributed by atoms with Gasteiger partial charge in [0.25, 0.3) is 0 Å². The summed E-state index contributed by atoms with van der Waals surface area (Å²) in [5.74, 6) is 0.719. The Bertz CT molecular complexity index is 2830. The molecule has 9 aromatic rings. The van der Waals surface area contributed by atoms with E-state index in [1.165, 1.54) is 54.6 Å². The van der Waals surface area contributed by atoms with Crippen LogP contribution in [0.2, 0.25) is 0 Å². The molecule has 0 saturated carbocycles. The van der Waals surface area contributed by atoms with Gasteiger partial charge in [-0.25, -0.2) is 9.97 Å². The van der Waals surface area contributed by atoms with E-state index in [1.54, 1.807) is 0 Å². The van der Waals surface area contributed by atoms with Gasteiger partial charge in [0.1, 0.15) is 0 Å². The lowest BCUT2D eigenvalue weighted by Crippen LogP contribution is -2.14. The van der Waals surface area contributed by atoms with E-state index >= 15 is 0 Å². The van der Waals surface area contributed by atoms with Crippen LogP contribution in [0.3, 0.4) is 0 Å². The van der Waals surface area contributed by atoms with Crippen molar-refractivity contribution in [3.05, 3.63) is 181 Å². The molecular formula is C49H34N2. The molecule has 0 bridgehead atoms. The first-order valence-corrected chi connectivity index (χ1v) is 17.7. The fourth-order valence-electron chi connectivity index (χ4n) is 8.26. The molecule has 240 valence electrons. The summed E-state index contributed by atoms with van der Waals surface area (Å²) in [6.45, 7) is 4.69. The van der Waals surface area contributed by atoms with Gasteiger partial charge in [-0.1, -0.05) is 159 Å². The van der Waals surface area contributed by atoms with Crippen LogP contribution in [-0.2, 0) is 5.41 Å². The van der Waals surface area contributed by atoms with Crippen LogP contribution in [0.1, 0.15) is 25.0 Å². The average Bonchev–Trinajstić information content (AvgIpc) is 3.42. The Kier molecular flexibility index (Phi) is 6.56. The van der Waals surface area contributed by atoms with Crippen molar-refractivity contribution in [2.45, 2.75) is 19.3 Å². The Morgan fingerprint density at radius 2 is 1.00 bits per heavy atom. The highest BCUT2D eigenvalue weighted by Crippen LogP contribution is 2.53. The molecule has 0 unspecified atom stereocenters. The van der Waals surface area contributed by atoms with Crippen molar-refractivity contribution in [1.82, 2.24) is 9.97 Å². The first-order chi connectivity index (χ1) is 25.0. The van der Waals surface area contributed by atoms with Gasteiger partial charge in [-0.3, -0.25) is 0 Å². The minimum atomic E-state index is -0.142. The second kappa shape index (κ2) is 11.3. The molecule has 51 heavy (non-hydrogen) atoms. The molecule has 8 aromatic carbocycles. The van der Waals surface area contributed by atoms with Crippen LogP contribution in [0.15, 0.2) is 170 Å². The van der Waals surface area contributed by atoms with E-state index in [0.29, 0.717) is 0 Å². The Morgan fingerprint density at radius 3 is 1.82 bits per heavy atom. The number of aromatic nitrogens is 2. The number of hydrogen-bond donors (Lipinski definition) is 0. The van der Waals surface area contributed by atoms with Crippen LogP contribution in [0.25, 0.3) is 88.5 Å². The molecule has 2 heteroatoms. The minimum absolute atomic E-state index is 0.142. The fraction of sp³-hybridized carbons (Fsp3) is 0.0612. The zero-order valence-electron chi connectivity index (χ0n) is 28.6.